The molecule has 3 rings (SSSR count). The molecule has 1 heterocycles. The minimum Gasteiger partial charge on any atom is -0.339 e. The van der Waals surface area contributed by atoms with E-state index >= 15 is 0 Å². The van der Waals surface area contributed by atoms with E-state index in [1.165, 1.54) is 11.8 Å². The molecule has 1 N–H and O–H groups in total. The van der Waals surface area contributed by atoms with Gasteiger partial charge in [-0.3, -0.25) is 4.79 Å². The van der Waals surface area contributed by atoms with Crippen molar-refractivity contribution in [3.05, 3.63) is 66.2 Å². The van der Waals surface area contributed by atoms with E-state index in [9.17, 15) is 4.79 Å². The highest BCUT2D eigenvalue weighted by molar-refractivity contribution is 7.98. The standard InChI is InChI=1S/C18H15N3OS/c1-23-18-15(12-22)17(19-14-10-6-3-7-11-14)20-16(21-18)13-8-4-2-5-9-13/h2-12H,1H3,(H,19,20,21). The Kier molecular flexibility index (Phi) is 4.68. The fourth-order valence-electron chi connectivity index (χ4n) is 2.18. The zero-order chi connectivity index (χ0) is 16.1. The van der Waals surface area contributed by atoms with Crippen molar-refractivity contribution in [1.29, 1.82) is 0 Å². The van der Waals surface area contributed by atoms with Crippen molar-refractivity contribution in [2.75, 3.05) is 11.6 Å². The number of nitrogens with zero attached hydrogens (tertiary/aromatic N) is 2. The molecule has 0 bridgehead atoms. The van der Waals surface area contributed by atoms with Crippen LogP contribution in [0.4, 0.5) is 11.5 Å². The molecule has 3 aromatic rings. The van der Waals surface area contributed by atoms with Crippen LogP contribution in [-0.2, 0) is 0 Å². The molecular formula is C18H15N3OS. The van der Waals surface area contributed by atoms with Crippen LogP contribution in [0.25, 0.3) is 11.4 Å². The topological polar surface area (TPSA) is 54.9 Å². The maximum Gasteiger partial charge on any atom is 0.162 e. The number of rotatable bonds is 5. The van der Waals surface area contributed by atoms with Crippen molar-refractivity contribution < 1.29 is 4.79 Å². The molecular weight excluding hydrogens is 306 g/mol. The first-order chi connectivity index (χ1) is 11.3. The number of benzene rings is 2. The van der Waals surface area contributed by atoms with Gasteiger partial charge < -0.3 is 5.32 Å². The number of carbonyl (C=O) groups excluding carboxylic acids is 1. The third-order valence-electron chi connectivity index (χ3n) is 3.29. The van der Waals surface area contributed by atoms with Crippen LogP contribution in [0.5, 0.6) is 0 Å². The smallest absolute Gasteiger partial charge is 0.162 e. The Bertz CT molecular complexity index is 807. The second-order valence-corrected chi connectivity index (χ2v) is 5.59. The molecule has 0 aliphatic rings. The molecule has 0 aliphatic heterocycles. The van der Waals surface area contributed by atoms with Crippen LogP contribution >= 0.6 is 11.8 Å². The lowest BCUT2D eigenvalue weighted by atomic mass is 10.2. The number of anilines is 2. The summed E-state index contributed by atoms with van der Waals surface area (Å²) in [4.78, 5) is 20.6. The lowest BCUT2D eigenvalue weighted by Gasteiger charge is -2.12. The molecule has 114 valence electrons. The number of thioether (sulfide) groups is 1. The lowest BCUT2D eigenvalue weighted by molar-refractivity contribution is 0.112. The molecule has 0 fully saturated rings. The Morgan fingerprint density at radius 2 is 1.61 bits per heavy atom. The fourth-order valence-corrected chi connectivity index (χ4v) is 2.72. The van der Waals surface area contributed by atoms with E-state index in [0.717, 1.165) is 17.5 Å². The normalized spacial score (nSPS) is 10.3. The van der Waals surface area contributed by atoms with Crippen molar-refractivity contribution >= 4 is 29.6 Å². The highest BCUT2D eigenvalue weighted by Gasteiger charge is 2.14. The number of para-hydroxylation sites is 1. The molecule has 0 unspecified atom stereocenters. The first-order valence-electron chi connectivity index (χ1n) is 7.10. The van der Waals surface area contributed by atoms with Crippen LogP contribution < -0.4 is 5.32 Å². The summed E-state index contributed by atoms with van der Waals surface area (Å²) in [7, 11) is 0. The predicted molar refractivity (Wildman–Crippen MR) is 94.4 cm³/mol. The maximum absolute atomic E-state index is 11.5. The molecule has 1 aromatic heterocycles. The summed E-state index contributed by atoms with van der Waals surface area (Å²) in [6.07, 6.45) is 2.70. The highest BCUT2D eigenvalue weighted by atomic mass is 32.2. The van der Waals surface area contributed by atoms with Crippen molar-refractivity contribution in [2.45, 2.75) is 5.03 Å². The van der Waals surface area contributed by atoms with E-state index in [1.807, 2.05) is 66.9 Å². The Labute approximate surface area is 139 Å². The second-order valence-electron chi connectivity index (χ2n) is 4.79. The number of hydrogen-bond acceptors (Lipinski definition) is 5. The number of carbonyl (C=O) groups is 1. The minimum atomic E-state index is 0.473. The van der Waals surface area contributed by atoms with E-state index in [4.69, 9.17) is 0 Å². The van der Waals surface area contributed by atoms with Crippen LogP contribution in [0, 0.1) is 0 Å². The van der Waals surface area contributed by atoms with Gasteiger partial charge in [-0.25, -0.2) is 9.97 Å². The number of nitrogens with one attached hydrogen (secondary N) is 1. The molecule has 2 aromatic carbocycles. The van der Waals surface area contributed by atoms with Gasteiger partial charge in [0.2, 0.25) is 0 Å². The van der Waals surface area contributed by atoms with Gasteiger partial charge in [-0.15, -0.1) is 11.8 Å². The number of aromatic nitrogens is 2. The van der Waals surface area contributed by atoms with E-state index in [2.05, 4.69) is 15.3 Å². The number of hydrogen-bond donors (Lipinski definition) is 1. The molecule has 0 amide bonds. The molecule has 0 spiro atoms. The van der Waals surface area contributed by atoms with E-state index in [0.29, 0.717) is 22.2 Å². The highest BCUT2D eigenvalue weighted by Crippen LogP contribution is 2.28. The van der Waals surface area contributed by atoms with E-state index < -0.39 is 0 Å². The largest absolute Gasteiger partial charge is 0.339 e. The van der Waals surface area contributed by atoms with Crippen molar-refractivity contribution in [2.24, 2.45) is 0 Å². The first-order valence-corrected chi connectivity index (χ1v) is 8.33. The molecule has 0 saturated heterocycles. The van der Waals surface area contributed by atoms with Crippen LogP contribution in [-0.4, -0.2) is 22.5 Å². The summed E-state index contributed by atoms with van der Waals surface area (Å²) in [5.41, 5.74) is 2.26. The Hall–Kier alpha value is -2.66. The average Bonchev–Trinajstić information content (AvgIpc) is 2.62. The summed E-state index contributed by atoms with van der Waals surface area (Å²) in [6.45, 7) is 0. The Balaban J connectivity index is 2.10. The molecule has 23 heavy (non-hydrogen) atoms. The van der Waals surface area contributed by atoms with E-state index in [1.54, 1.807) is 0 Å². The van der Waals surface area contributed by atoms with Crippen LogP contribution in [0.15, 0.2) is 65.7 Å². The van der Waals surface area contributed by atoms with Crippen molar-refractivity contribution in [1.82, 2.24) is 9.97 Å². The zero-order valence-electron chi connectivity index (χ0n) is 12.6. The van der Waals surface area contributed by atoms with Gasteiger partial charge >= 0.3 is 0 Å². The van der Waals surface area contributed by atoms with Gasteiger partial charge in [0.1, 0.15) is 10.8 Å². The third kappa shape index (κ3) is 3.40. The van der Waals surface area contributed by atoms with Gasteiger partial charge in [-0.2, -0.15) is 0 Å². The Morgan fingerprint density at radius 1 is 0.957 bits per heavy atom. The SMILES string of the molecule is CSc1nc(-c2ccccc2)nc(Nc2ccccc2)c1C=O. The average molecular weight is 321 g/mol. The zero-order valence-corrected chi connectivity index (χ0v) is 13.4. The molecule has 5 heteroatoms. The summed E-state index contributed by atoms with van der Waals surface area (Å²) in [5.74, 6) is 1.11. The monoisotopic (exact) mass is 321 g/mol. The quantitative estimate of drug-likeness (QED) is 0.428. The fraction of sp³-hybridized carbons (Fsp3) is 0.0556. The predicted octanol–water partition coefficient (Wildman–Crippen LogP) is 4.42. The summed E-state index contributed by atoms with van der Waals surface area (Å²) in [5, 5.41) is 3.87. The van der Waals surface area contributed by atoms with Gasteiger partial charge in [-0.05, 0) is 18.4 Å². The third-order valence-corrected chi connectivity index (χ3v) is 3.99. The van der Waals surface area contributed by atoms with Crippen molar-refractivity contribution in [3.8, 4) is 11.4 Å². The van der Waals surface area contributed by atoms with Gasteiger partial charge in [0.15, 0.2) is 12.1 Å². The second kappa shape index (κ2) is 7.07. The number of aldehydes is 1. The van der Waals surface area contributed by atoms with E-state index in [-0.39, 0.29) is 0 Å². The van der Waals surface area contributed by atoms with Gasteiger partial charge in [0.25, 0.3) is 0 Å². The summed E-state index contributed by atoms with van der Waals surface area (Å²) >= 11 is 1.43. The first kappa shape index (κ1) is 15.2. The summed E-state index contributed by atoms with van der Waals surface area (Å²) in [6, 6.07) is 19.4. The van der Waals surface area contributed by atoms with Crippen LogP contribution in [0.3, 0.4) is 0 Å². The lowest BCUT2D eigenvalue weighted by Crippen LogP contribution is -2.04. The maximum atomic E-state index is 11.5. The van der Waals surface area contributed by atoms with Crippen molar-refractivity contribution in [3.63, 3.8) is 0 Å². The molecule has 0 saturated carbocycles. The van der Waals surface area contributed by atoms with Gasteiger partial charge in [0.05, 0.1) is 5.56 Å². The molecule has 0 atom stereocenters. The molecule has 4 nitrogen and oxygen atoms in total. The Morgan fingerprint density at radius 3 is 2.22 bits per heavy atom. The van der Waals surface area contributed by atoms with Crippen LogP contribution in [0.2, 0.25) is 0 Å². The van der Waals surface area contributed by atoms with Crippen LogP contribution in [0.1, 0.15) is 10.4 Å². The van der Waals surface area contributed by atoms with Gasteiger partial charge in [0, 0.05) is 11.3 Å². The molecule has 0 aliphatic carbocycles. The molecule has 0 radical (unpaired) electrons. The van der Waals surface area contributed by atoms with Gasteiger partial charge in [-0.1, -0.05) is 48.5 Å². The minimum absolute atomic E-state index is 0.473. The summed E-state index contributed by atoms with van der Waals surface area (Å²) < 4.78 is 0.